The molecule has 3 aromatic heterocycles. The Bertz CT molecular complexity index is 1610. The second-order valence-corrected chi connectivity index (χ2v) is 11.7. The number of fused-ring (bicyclic) bond motifs is 1. The molecule has 212 valence electrons. The fraction of sp³-hybridized carbons (Fsp3) is 0.407. The number of rotatable bonds is 9. The van der Waals surface area contributed by atoms with E-state index in [4.69, 9.17) is 4.98 Å². The Hall–Kier alpha value is -3.71. The molecule has 0 aliphatic carbocycles. The maximum absolute atomic E-state index is 15.8. The van der Waals surface area contributed by atoms with Gasteiger partial charge in [0.15, 0.2) is 5.82 Å². The van der Waals surface area contributed by atoms with Crippen molar-refractivity contribution in [3.63, 3.8) is 0 Å². The maximum atomic E-state index is 15.8. The molecule has 13 heteroatoms. The van der Waals surface area contributed by atoms with Crippen molar-refractivity contribution in [2.24, 2.45) is 0 Å². The van der Waals surface area contributed by atoms with E-state index < -0.39 is 27.3 Å². The van der Waals surface area contributed by atoms with Gasteiger partial charge < -0.3 is 14.4 Å². The molecular weight excluding hydrogens is 538 g/mol. The number of nitrogens with zero attached hydrogens (tertiary/aromatic N) is 7. The van der Waals surface area contributed by atoms with Gasteiger partial charge in [0.05, 0.1) is 23.2 Å². The predicted molar refractivity (Wildman–Crippen MR) is 151 cm³/mol. The SMILES string of the molecule is CCCS(=O)(=O)Nc1ccc(F)c(-n2cc(-c3cncnc3)c3nc(N(C)C4CCN(CC)CC4)ncc32)c1F. The summed E-state index contributed by atoms with van der Waals surface area (Å²) < 4.78 is 59.2. The van der Waals surface area contributed by atoms with Crippen LogP contribution in [0.3, 0.4) is 0 Å². The molecule has 0 saturated carbocycles. The summed E-state index contributed by atoms with van der Waals surface area (Å²) in [6.07, 6.45) is 9.97. The highest BCUT2D eigenvalue weighted by atomic mass is 32.2. The van der Waals surface area contributed by atoms with Crippen molar-refractivity contribution >= 4 is 32.7 Å². The molecule has 1 aliphatic heterocycles. The molecule has 1 N–H and O–H groups in total. The third kappa shape index (κ3) is 5.48. The van der Waals surface area contributed by atoms with Crippen LogP contribution in [0.4, 0.5) is 20.4 Å². The first-order chi connectivity index (χ1) is 19.2. The third-order valence-corrected chi connectivity index (χ3v) is 8.79. The van der Waals surface area contributed by atoms with E-state index in [1.165, 1.54) is 17.1 Å². The summed E-state index contributed by atoms with van der Waals surface area (Å²) in [5.74, 6) is -1.60. The molecule has 10 nitrogen and oxygen atoms in total. The average Bonchev–Trinajstić information content (AvgIpc) is 3.33. The van der Waals surface area contributed by atoms with Gasteiger partial charge in [-0.25, -0.2) is 37.1 Å². The Labute approximate surface area is 232 Å². The zero-order valence-electron chi connectivity index (χ0n) is 22.7. The molecule has 0 amide bonds. The van der Waals surface area contributed by atoms with Crippen LogP contribution in [0, 0.1) is 11.6 Å². The fourth-order valence-electron chi connectivity index (χ4n) is 5.12. The quantitative estimate of drug-likeness (QED) is 0.319. The van der Waals surface area contributed by atoms with Gasteiger partial charge in [-0.15, -0.1) is 0 Å². The normalized spacial score (nSPS) is 15.0. The maximum Gasteiger partial charge on any atom is 0.232 e. The predicted octanol–water partition coefficient (Wildman–Crippen LogP) is 4.23. The van der Waals surface area contributed by atoms with Crippen LogP contribution in [0.25, 0.3) is 27.8 Å². The Morgan fingerprint density at radius 1 is 1.10 bits per heavy atom. The highest BCUT2D eigenvalue weighted by molar-refractivity contribution is 7.92. The molecule has 0 spiro atoms. The van der Waals surface area contributed by atoms with Gasteiger partial charge in [0.2, 0.25) is 16.0 Å². The van der Waals surface area contributed by atoms with Crippen LogP contribution in [0.1, 0.15) is 33.1 Å². The van der Waals surface area contributed by atoms with E-state index in [9.17, 15) is 8.42 Å². The number of sulfonamides is 1. The topological polar surface area (TPSA) is 109 Å². The van der Waals surface area contributed by atoms with E-state index >= 15 is 8.78 Å². The van der Waals surface area contributed by atoms with Crippen LogP contribution in [0.5, 0.6) is 0 Å². The van der Waals surface area contributed by atoms with Crippen molar-refractivity contribution < 1.29 is 17.2 Å². The number of likely N-dealkylation sites (tertiary alicyclic amines) is 1. The number of piperidine rings is 1. The first-order valence-corrected chi connectivity index (χ1v) is 14.9. The largest absolute Gasteiger partial charge is 0.341 e. The zero-order chi connectivity index (χ0) is 28.4. The summed E-state index contributed by atoms with van der Waals surface area (Å²) >= 11 is 0. The minimum atomic E-state index is -3.80. The van der Waals surface area contributed by atoms with Crippen LogP contribution in [-0.2, 0) is 10.0 Å². The van der Waals surface area contributed by atoms with Crippen molar-refractivity contribution in [2.75, 3.05) is 42.1 Å². The van der Waals surface area contributed by atoms with Gasteiger partial charge >= 0.3 is 0 Å². The minimum Gasteiger partial charge on any atom is -0.341 e. The van der Waals surface area contributed by atoms with E-state index in [0.29, 0.717) is 34.5 Å². The molecule has 1 aromatic carbocycles. The van der Waals surface area contributed by atoms with Gasteiger partial charge in [-0.05, 0) is 37.9 Å². The second kappa shape index (κ2) is 11.4. The molecule has 0 atom stereocenters. The summed E-state index contributed by atoms with van der Waals surface area (Å²) in [6, 6.07) is 2.37. The van der Waals surface area contributed by atoms with E-state index in [-0.39, 0.29) is 17.5 Å². The van der Waals surface area contributed by atoms with Crippen molar-refractivity contribution in [1.82, 2.24) is 29.4 Å². The Morgan fingerprint density at radius 2 is 1.82 bits per heavy atom. The summed E-state index contributed by atoms with van der Waals surface area (Å²) in [5, 5.41) is 0. The number of hydrogen-bond acceptors (Lipinski definition) is 8. The number of aromatic nitrogens is 5. The lowest BCUT2D eigenvalue weighted by atomic mass is 10.0. The molecule has 1 fully saturated rings. The van der Waals surface area contributed by atoms with Crippen LogP contribution in [-0.4, -0.2) is 76.3 Å². The van der Waals surface area contributed by atoms with E-state index in [1.807, 2.05) is 7.05 Å². The molecule has 4 heterocycles. The third-order valence-electron chi connectivity index (χ3n) is 7.31. The lowest BCUT2D eigenvalue weighted by Crippen LogP contribution is -2.43. The number of nitrogens with one attached hydrogen (secondary N) is 1. The lowest BCUT2D eigenvalue weighted by Gasteiger charge is -2.36. The summed E-state index contributed by atoms with van der Waals surface area (Å²) in [4.78, 5) is 22.1. The van der Waals surface area contributed by atoms with Crippen molar-refractivity contribution in [3.8, 4) is 16.8 Å². The van der Waals surface area contributed by atoms with Gasteiger partial charge in [0.1, 0.15) is 23.3 Å². The molecule has 0 unspecified atom stereocenters. The number of halogens is 2. The standard InChI is InChI=1S/C27H32F2N8O2S/c1-4-12-40(38,39)34-22-7-6-21(28)26(24(22)29)37-16-20(18-13-30-17-31-14-18)25-23(37)15-32-27(33-25)35(3)19-8-10-36(5-2)11-9-19/h6-7,13-17,19,34H,4-5,8-12H2,1-3H3. The van der Waals surface area contributed by atoms with Gasteiger partial charge in [-0.1, -0.05) is 13.8 Å². The molecule has 4 aromatic rings. The van der Waals surface area contributed by atoms with Gasteiger partial charge in [-0.3, -0.25) is 4.72 Å². The molecule has 5 rings (SSSR count). The highest BCUT2D eigenvalue weighted by Gasteiger charge is 2.26. The Balaban J connectivity index is 1.62. The summed E-state index contributed by atoms with van der Waals surface area (Å²) in [5.41, 5.74) is 1.20. The molecule has 1 saturated heterocycles. The lowest BCUT2D eigenvalue weighted by molar-refractivity contribution is 0.220. The first-order valence-electron chi connectivity index (χ1n) is 13.3. The molecule has 0 radical (unpaired) electrons. The van der Waals surface area contributed by atoms with E-state index in [2.05, 4.69) is 36.4 Å². The summed E-state index contributed by atoms with van der Waals surface area (Å²) in [7, 11) is -1.84. The molecular formula is C27H32F2N8O2S. The molecule has 0 bridgehead atoms. The molecule has 40 heavy (non-hydrogen) atoms. The van der Waals surface area contributed by atoms with Crippen molar-refractivity contribution in [3.05, 3.63) is 54.9 Å². The van der Waals surface area contributed by atoms with E-state index in [0.717, 1.165) is 44.6 Å². The molecule has 1 aliphatic rings. The van der Waals surface area contributed by atoms with Gasteiger partial charge in [0.25, 0.3) is 0 Å². The minimum absolute atomic E-state index is 0.189. The zero-order valence-corrected chi connectivity index (χ0v) is 23.5. The van der Waals surface area contributed by atoms with Gasteiger partial charge in [0, 0.05) is 55.9 Å². The van der Waals surface area contributed by atoms with Gasteiger partial charge in [-0.2, -0.15) is 0 Å². The first kappa shape index (κ1) is 27.8. The second-order valence-electron chi connectivity index (χ2n) is 9.90. The van der Waals surface area contributed by atoms with E-state index in [1.54, 1.807) is 25.5 Å². The smallest absolute Gasteiger partial charge is 0.232 e. The Morgan fingerprint density at radius 3 is 2.50 bits per heavy atom. The number of hydrogen-bond donors (Lipinski definition) is 1. The summed E-state index contributed by atoms with van der Waals surface area (Å²) in [6.45, 7) is 6.86. The van der Waals surface area contributed by atoms with Crippen LogP contribution >= 0.6 is 0 Å². The number of anilines is 2. The average molecular weight is 571 g/mol. The van der Waals surface area contributed by atoms with Crippen molar-refractivity contribution in [1.29, 1.82) is 0 Å². The highest BCUT2D eigenvalue weighted by Crippen LogP contribution is 2.35. The number of benzene rings is 1. The van der Waals surface area contributed by atoms with Crippen molar-refractivity contribution in [2.45, 2.75) is 39.2 Å². The Kier molecular flexibility index (Phi) is 7.95. The fourth-order valence-corrected chi connectivity index (χ4v) is 6.25. The van der Waals surface area contributed by atoms with Crippen LogP contribution < -0.4 is 9.62 Å². The monoisotopic (exact) mass is 570 g/mol. The van der Waals surface area contributed by atoms with Crippen LogP contribution in [0.15, 0.2) is 43.2 Å². The van der Waals surface area contributed by atoms with Crippen LogP contribution in [0.2, 0.25) is 0 Å².